The lowest BCUT2D eigenvalue weighted by atomic mass is 10.1. The van der Waals surface area contributed by atoms with Crippen LogP contribution < -0.4 is 5.32 Å². The van der Waals surface area contributed by atoms with Crippen LogP contribution in [-0.2, 0) is 19.1 Å². The Labute approximate surface area is 175 Å². The van der Waals surface area contributed by atoms with E-state index < -0.39 is 17.7 Å². The second-order valence-electron chi connectivity index (χ2n) is 7.91. The maximum Gasteiger partial charge on any atom is 0.337 e. The van der Waals surface area contributed by atoms with Gasteiger partial charge in [0.2, 0.25) is 5.91 Å². The molecule has 0 spiro atoms. The summed E-state index contributed by atoms with van der Waals surface area (Å²) >= 11 is 1.50. The third-order valence-corrected chi connectivity index (χ3v) is 5.16. The summed E-state index contributed by atoms with van der Waals surface area (Å²) in [5, 5.41) is 5.80. The number of carbonyl (C=O) groups is 2. The highest BCUT2D eigenvalue weighted by Crippen LogP contribution is 2.23. The van der Waals surface area contributed by atoms with Crippen LogP contribution in [0.4, 0.5) is 0 Å². The number of amides is 1. The molecule has 1 aliphatic heterocycles. The summed E-state index contributed by atoms with van der Waals surface area (Å²) in [6.07, 6.45) is 1.05. The third-order valence-electron chi connectivity index (χ3n) is 4.32. The van der Waals surface area contributed by atoms with Crippen molar-refractivity contribution in [3.8, 4) is 0 Å². The molecule has 0 aliphatic carbocycles. The molecule has 7 nitrogen and oxygen atoms in total. The third kappa shape index (κ3) is 6.35. The lowest BCUT2D eigenvalue weighted by molar-refractivity contribution is -0.174. The van der Waals surface area contributed by atoms with Gasteiger partial charge in [-0.3, -0.25) is 9.69 Å². The fourth-order valence-electron chi connectivity index (χ4n) is 3.08. The molecule has 1 aromatic heterocycles. The Kier molecular flexibility index (Phi) is 7.00. The minimum atomic E-state index is -0.681. The monoisotopic (exact) mass is 417 g/mol. The largest absolute Gasteiger partial charge is 0.458 e. The van der Waals surface area contributed by atoms with E-state index in [-0.39, 0.29) is 18.5 Å². The first kappa shape index (κ1) is 21.4. The normalized spacial score (nSPS) is 18.8. The van der Waals surface area contributed by atoms with Crippen LogP contribution in [0, 0.1) is 0 Å². The molecule has 156 valence electrons. The average molecular weight is 418 g/mol. The van der Waals surface area contributed by atoms with Crippen molar-refractivity contribution in [3.63, 3.8) is 0 Å². The van der Waals surface area contributed by atoms with Gasteiger partial charge in [-0.2, -0.15) is 0 Å². The van der Waals surface area contributed by atoms with Crippen molar-refractivity contribution in [1.29, 1.82) is 0 Å². The summed E-state index contributed by atoms with van der Waals surface area (Å²) in [5.41, 5.74) is 0.404. The van der Waals surface area contributed by atoms with Crippen LogP contribution >= 0.6 is 11.3 Å². The van der Waals surface area contributed by atoms with E-state index in [0.717, 1.165) is 10.6 Å². The van der Waals surface area contributed by atoms with E-state index in [1.807, 2.05) is 61.4 Å². The number of hydrogen-bond donors (Lipinski definition) is 1. The van der Waals surface area contributed by atoms with Gasteiger partial charge in [0, 0.05) is 24.7 Å². The average Bonchev–Trinajstić information content (AvgIpc) is 3.20. The van der Waals surface area contributed by atoms with Crippen LogP contribution in [0.3, 0.4) is 0 Å². The van der Waals surface area contributed by atoms with Crippen LogP contribution in [0.1, 0.15) is 37.4 Å². The zero-order valence-electron chi connectivity index (χ0n) is 17.0. The van der Waals surface area contributed by atoms with E-state index in [0.29, 0.717) is 19.7 Å². The first-order valence-electron chi connectivity index (χ1n) is 9.62. The predicted molar refractivity (Wildman–Crippen MR) is 111 cm³/mol. The van der Waals surface area contributed by atoms with Gasteiger partial charge in [0.15, 0.2) is 6.10 Å². The van der Waals surface area contributed by atoms with E-state index >= 15 is 0 Å². The Hall–Kier alpha value is -2.29. The molecule has 1 fully saturated rings. The van der Waals surface area contributed by atoms with Crippen LogP contribution in [0.25, 0.3) is 0 Å². The van der Waals surface area contributed by atoms with Gasteiger partial charge in [-0.25, -0.2) is 9.78 Å². The summed E-state index contributed by atoms with van der Waals surface area (Å²) in [6, 6.07) is 9.46. The molecule has 2 atom stereocenters. The number of thiazole rings is 1. The van der Waals surface area contributed by atoms with Crippen LogP contribution in [-0.4, -0.2) is 59.7 Å². The number of nitrogens with zero attached hydrogens (tertiary/aromatic N) is 2. The molecule has 3 rings (SSSR count). The first-order chi connectivity index (χ1) is 13.8. The molecule has 1 amide bonds. The fourth-order valence-corrected chi connectivity index (χ4v) is 3.79. The smallest absolute Gasteiger partial charge is 0.337 e. The number of carbonyl (C=O) groups excluding carboxylic acids is 2. The van der Waals surface area contributed by atoms with Crippen LogP contribution in [0.15, 0.2) is 41.9 Å². The zero-order valence-corrected chi connectivity index (χ0v) is 17.8. The Bertz CT molecular complexity index is 805. The number of nitrogens with one attached hydrogen (secondary N) is 1. The molecule has 1 aliphatic rings. The van der Waals surface area contributed by atoms with Gasteiger partial charge >= 0.3 is 5.97 Å². The number of rotatable bonds is 6. The zero-order chi connectivity index (χ0) is 20.9. The molecule has 1 saturated heterocycles. The lowest BCUT2D eigenvalue weighted by Crippen LogP contribution is -2.50. The molecule has 0 saturated carbocycles. The van der Waals surface area contributed by atoms with Crippen molar-refractivity contribution in [2.45, 2.75) is 38.5 Å². The highest BCUT2D eigenvalue weighted by molar-refractivity contribution is 7.09. The van der Waals surface area contributed by atoms with E-state index in [1.165, 1.54) is 11.3 Å². The van der Waals surface area contributed by atoms with Gasteiger partial charge in [-0.1, -0.05) is 30.3 Å². The molecule has 1 N–H and O–H groups in total. The summed E-state index contributed by atoms with van der Waals surface area (Å²) in [5.74, 6) is -0.522. The highest BCUT2D eigenvalue weighted by atomic mass is 32.1. The van der Waals surface area contributed by atoms with Gasteiger partial charge in [-0.05, 0) is 26.3 Å². The Morgan fingerprint density at radius 2 is 2.10 bits per heavy atom. The maximum atomic E-state index is 12.8. The molecule has 0 bridgehead atoms. The lowest BCUT2D eigenvalue weighted by Gasteiger charge is -2.33. The van der Waals surface area contributed by atoms with Gasteiger partial charge in [0.05, 0.1) is 13.2 Å². The molecule has 0 radical (unpaired) electrons. The molecule has 8 heteroatoms. The molecule has 1 aromatic carbocycles. The summed E-state index contributed by atoms with van der Waals surface area (Å²) < 4.78 is 11.0. The number of hydrogen-bond acceptors (Lipinski definition) is 7. The highest BCUT2D eigenvalue weighted by Gasteiger charge is 2.31. The Morgan fingerprint density at radius 1 is 1.34 bits per heavy atom. The summed E-state index contributed by atoms with van der Waals surface area (Å²) in [4.78, 5) is 31.3. The maximum absolute atomic E-state index is 12.8. The Balaban J connectivity index is 1.61. The minimum Gasteiger partial charge on any atom is -0.458 e. The number of morpholine rings is 1. The van der Waals surface area contributed by atoms with E-state index in [2.05, 4.69) is 10.3 Å². The van der Waals surface area contributed by atoms with Crippen molar-refractivity contribution in [2.75, 3.05) is 26.2 Å². The molecule has 2 heterocycles. The predicted octanol–water partition coefficient (Wildman–Crippen LogP) is 2.39. The number of ether oxygens (including phenoxy) is 2. The van der Waals surface area contributed by atoms with Crippen molar-refractivity contribution in [1.82, 2.24) is 15.2 Å². The van der Waals surface area contributed by atoms with Gasteiger partial charge in [0.1, 0.15) is 16.7 Å². The van der Waals surface area contributed by atoms with Gasteiger partial charge in [0.25, 0.3) is 0 Å². The van der Waals surface area contributed by atoms with Gasteiger partial charge < -0.3 is 14.8 Å². The van der Waals surface area contributed by atoms with Gasteiger partial charge in [-0.15, -0.1) is 11.3 Å². The van der Waals surface area contributed by atoms with Crippen LogP contribution in [0.2, 0.25) is 0 Å². The van der Waals surface area contributed by atoms with E-state index in [1.54, 1.807) is 6.20 Å². The molecule has 29 heavy (non-hydrogen) atoms. The second-order valence-corrected chi connectivity index (χ2v) is 8.84. The van der Waals surface area contributed by atoms with Crippen molar-refractivity contribution in [3.05, 3.63) is 52.5 Å². The van der Waals surface area contributed by atoms with E-state index in [9.17, 15) is 9.59 Å². The topological polar surface area (TPSA) is 80.8 Å². The van der Waals surface area contributed by atoms with Crippen molar-refractivity contribution < 1.29 is 19.1 Å². The van der Waals surface area contributed by atoms with Crippen LogP contribution in [0.5, 0.6) is 0 Å². The molecule has 2 aromatic rings. The second kappa shape index (κ2) is 9.47. The quantitative estimate of drug-likeness (QED) is 0.727. The number of aromatic nitrogens is 1. The minimum absolute atomic E-state index is 0.126. The SMILES string of the molecule is CC(C)(C)OC(=O)[C@H]1CN(CC(=O)N[C@@H](c2ccccc2)c2nccs2)CCO1. The molecular formula is C21H27N3O4S. The Morgan fingerprint density at radius 3 is 2.76 bits per heavy atom. The number of esters is 1. The fraction of sp³-hybridized carbons (Fsp3) is 0.476. The summed E-state index contributed by atoms with van der Waals surface area (Å²) in [7, 11) is 0. The summed E-state index contributed by atoms with van der Waals surface area (Å²) in [6.45, 7) is 6.93. The first-order valence-corrected chi connectivity index (χ1v) is 10.5. The molecular weight excluding hydrogens is 390 g/mol. The van der Waals surface area contributed by atoms with Crippen molar-refractivity contribution in [2.24, 2.45) is 0 Å². The number of benzene rings is 1. The van der Waals surface area contributed by atoms with E-state index in [4.69, 9.17) is 9.47 Å². The van der Waals surface area contributed by atoms with Crippen molar-refractivity contribution >= 4 is 23.2 Å². The standard InChI is InChI=1S/C21H27N3O4S/c1-21(2,3)28-20(26)16-13-24(10-11-27-16)14-17(25)23-18(19-22-9-12-29-19)15-7-5-4-6-8-15/h4-9,12,16,18H,10-11,13-14H2,1-3H3,(H,23,25)/t16-,18+/m1/s1. The molecule has 0 unspecified atom stereocenters.